The minimum atomic E-state index is 0.828. The van der Waals surface area contributed by atoms with E-state index >= 15 is 0 Å². The average Bonchev–Trinajstić information content (AvgIpc) is 2.42. The molecule has 1 aromatic heterocycles. The Labute approximate surface area is 134 Å². The molecule has 0 aliphatic carbocycles. The number of benzene rings is 1. The first-order chi connectivity index (χ1) is 9.58. The Bertz CT molecular complexity index is 603. The highest BCUT2D eigenvalue weighted by atomic mass is 127. The van der Waals surface area contributed by atoms with Crippen molar-refractivity contribution in [3.05, 3.63) is 38.6 Å². The van der Waals surface area contributed by atoms with Crippen LogP contribution in [-0.2, 0) is 6.42 Å². The van der Waals surface area contributed by atoms with Crippen LogP contribution < -0.4 is 5.32 Å². The second-order valence-electron chi connectivity index (χ2n) is 4.81. The highest BCUT2D eigenvalue weighted by molar-refractivity contribution is 14.1. The minimum absolute atomic E-state index is 0.828. The van der Waals surface area contributed by atoms with Gasteiger partial charge in [0.25, 0.3) is 0 Å². The summed E-state index contributed by atoms with van der Waals surface area (Å²) in [6.45, 7) is 9.31. The van der Waals surface area contributed by atoms with Gasteiger partial charge in [0.15, 0.2) is 5.82 Å². The van der Waals surface area contributed by atoms with Crippen LogP contribution >= 0.6 is 22.6 Å². The molecular weight excluding hydrogens is 361 g/mol. The molecule has 0 atom stereocenters. The molecule has 4 heteroatoms. The van der Waals surface area contributed by atoms with Crippen molar-refractivity contribution in [2.45, 2.75) is 34.1 Å². The van der Waals surface area contributed by atoms with E-state index in [4.69, 9.17) is 9.97 Å². The van der Waals surface area contributed by atoms with Gasteiger partial charge in [0.2, 0.25) is 0 Å². The van der Waals surface area contributed by atoms with Gasteiger partial charge in [0.05, 0.1) is 9.26 Å². The average molecular weight is 381 g/mol. The highest BCUT2D eigenvalue weighted by Crippen LogP contribution is 2.28. The number of nitrogens with one attached hydrogen (secondary N) is 1. The molecular formula is C16H20IN3. The largest absolute Gasteiger partial charge is 0.369 e. The molecule has 106 valence electrons. The number of aryl methyl sites for hydroxylation is 3. The lowest BCUT2D eigenvalue weighted by Crippen LogP contribution is -2.08. The lowest BCUT2D eigenvalue weighted by atomic mass is 10.0. The first-order valence-corrected chi connectivity index (χ1v) is 8.03. The highest BCUT2D eigenvalue weighted by Gasteiger charge is 2.14. The Morgan fingerprint density at radius 1 is 1.10 bits per heavy atom. The van der Waals surface area contributed by atoms with Gasteiger partial charge in [-0.2, -0.15) is 0 Å². The van der Waals surface area contributed by atoms with Crippen LogP contribution in [0.15, 0.2) is 18.2 Å². The van der Waals surface area contributed by atoms with Crippen LogP contribution in [0.5, 0.6) is 0 Å². The summed E-state index contributed by atoms with van der Waals surface area (Å²) in [4.78, 5) is 9.50. The summed E-state index contributed by atoms with van der Waals surface area (Å²) < 4.78 is 1.13. The van der Waals surface area contributed by atoms with Crippen LogP contribution in [0, 0.1) is 17.4 Å². The molecule has 2 aromatic rings. The molecule has 2 rings (SSSR count). The van der Waals surface area contributed by atoms with E-state index in [2.05, 4.69) is 73.8 Å². The monoisotopic (exact) mass is 381 g/mol. The van der Waals surface area contributed by atoms with Gasteiger partial charge in [-0.25, -0.2) is 9.97 Å². The molecule has 20 heavy (non-hydrogen) atoms. The number of rotatable bonds is 4. The van der Waals surface area contributed by atoms with Crippen molar-refractivity contribution in [2.24, 2.45) is 0 Å². The van der Waals surface area contributed by atoms with Crippen LogP contribution in [0.4, 0.5) is 5.82 Å². The predicted octanol–water partition coefficient (Wildman–Crippen LogP) is 4.36. The van der Waals surface area contributed by atoms with Crippen LogP contribution in [0.25, 0.3) is 11.4 Å². The van der Waals surface area contributed by atoms with Crippen LogP contribution in [0.3, 0.4) is 0 Å². The Hall–Kier alpha value is -1.17. The van der Waals surface area contributed by atoms with E-state index in [0.29, 0.717) is 0 Å². The van der Waals surface area contributed by atoms with E-state index in [1.807, 2.05) is 0 Å². The molecule has 1 N–H and O–H groups in total. The number of anilines is 1. The van der Waals surface area contributed by atoms with Crippen molar-refractivity contribution in [3.8, 4) is 11.4 Å². The van der Waals surface area contributed by atoms with Gasteiger partial charge in [0, 0.05) is 12.1 Å². The van der Waals surface area contributed by atoms with E-state index in [1.165, 1.54) is 11.1 Å². The van der Waals surface area contributed by atoms with Crippen molar-refractivity contribution < 1.29 is 0 Å². The third kappa shape index (κ3) is 2.95. The van der Waals surface area contributed by atoms with Crippen molar-refractivity contribution in [3.63, 3.8) is 0 Å². The van der Waals surface area contributed by atoms with Crippen molar-refractivity contribution in [2.75, 3.05) is 11.9 Å². The maximum absolute atomic E-state index is 4.77. The fourth-order valence-corrected chi connectivity index (χ4v) is 3.10. The number of hydrogen-bond acceptors (Lipinski definition) is 3. The summed E-state index contributed by atoms with van der Waals surface area (Å²) in [5, 5.41) is 3.34. The normalized spacial score (nSPS) is 10.7. The molecule has 0 aliphatic rings. The molecule has 0 fully saturated rings. The van der Waals surface area contributed by atoms with Gasteiger partial charge in [-0.05, 0) is 60.9 Å². The fraction of sp³-hybridized carbons (Fsp3) is 0.375. The predicted molar refractivity (Wildman–Crippen MR) is 93.2 cm³/mol. The van der Waals surface area contributed by atoms with Gasteiger partial charge in [-0.1, -0.05) is 25.1 Å². The van der Waals surface area contributed by atoms with Crippen LogP contribution in [0.1, 0.15) is 30.7 Å². The van der Waals surface area contributed by atoms with E-state index < -0.39 is 0 Å². The van der Waals surface area contributed by atoms with Gasteiger partial charge in [0.1, 0.15) is 5.82 Å². The first-order valence-electron chi connectivity index (χ1n) is 6.95. The summed E-state index contributed by atoms with van der Waals surface area (Å²) in [6, 6.07) is 6.30. The molecule has 0 saturated carbocycles. The summed E-state index contributed by atoms with van der Waals surface area (Å²) in [5.41, 5.74) is 4.69. The third-order valence-corrected chi connectivity index (χ3v) is 4.44. The third-order valence-electron chi connectivity index (χ3n) is 3.30. The molecule has 0 saturated heterocycles. The standard InChI is InChI=1S/C16H20IN3/c1-5-12-14(17)16(18-6-2)20-15(19-12)13-10(3)8-7-9-11(13)4/h7-9H,5-6H2,1-4H3,(H,18,19,20). The molecule has 0 aliphatic heterocycles. The summed E-state index contributed by atoms with van der Waals surface area (Å²) >= 11 is 2.33. The second-order valence-corrected chi connectivity index (χ2v) is 5.89. The summed E-state index contributed by atoms with van der Waals surface area (Å²) in [5.74, 6) is 1.77. The zero-order valence-electron chi connectivity index (χ0n) is 12.4. The number of halogens is 1. The molecule has 0 radical (unpaired) electrons. The number of hydrogen-bond donors (Lipinski definition) is 1. The molecule has 0 spiro atoms. The van der Waals surface area contributed by atoms with Crippen LogP contribution in [-0.4, -0.2) is 16.5 Å². The van der Waals surface area contributed by atoms with Gasteiger partial charge < -0.3 is 5.32 Å². The Morgan fingerprint density at radius 3 is 2.30 bits per heavy atom. The van der Waals surface area contributed by atoms with E-state index in [0.717, 1.165) is 39.4 Å². The number of nitrogens with zero attached hydrogens (tertiary/aromatic N) is 2. The molecule has 0 amide bonds. The zero-order chi connectivity index (χ0) is 14.7. The van der Waals surface area contributed by atoms with Gasteiger partial charge in [-0.15, -0.1) is 0 Å². The lowest BCUT2D eigenvalue weighted by molar-refractivity contribution is 0.980. The van der Waals surface area contributed by atoms with Crippen molar-refractivity contribution in [1.82, 2.24) is 9.97 Å². The molecule has 1 aromatic carbocycles. The Morgan fingerprint density at radius 2 is 1.75 bits per heavy atom. The maximum Gasteiger partial charge on any atom is 0.162 e. The van der Waals surface area contributed by atoms with Crippen molar-refractivity contribution >= 4 is 28.4 Å². The summed E-state index contributed by atoms with van der Waals surface area (Å²) in [7, 11) is 0. The quantitative estimate of drug-likeness (QED) is 0.800. The molecule has 1 heterocycles. The van der Waals surface area contributed by atoms with E-state index in [-0.39, 0.29) is 0 Å². The Balaban J connectivity index is 2.65. The van der Waals surface area contributed by atoms with E-state index in [1.54, 1.807) is 0 Å². The number of aromatic nitrogens is 2. The topological polar surface area (TPSA) is 37.8 Å². The van der Waals surface area contributed by atoms with Gasteiger partial charge >= 0.3 is 0 Å². The van der Waals surface area contributed by atoms with Gasteiger partial charge in [-0.3, -0.25) is 0 Å². The smallest absolute Gasteiger partial charge is 0.162 e. The zero-order valence-corrected chi connectivity index (χ0v) is 14.6. The SMILES string of the molecule is CCNc1nc(-c2c(C)cccc2C)nc(CC)c1I. The summed E-state index contributed by atoms with van der Waals surface area (Å²) in [6.07, 6.45) is 0.914. The lowest BCUT2D eigenvalue weighted by Gasteiger charge is -2.14. The molecule has 0 unspecified atom stereocenters. The maximum atomic E-state index is 4.77. The first kappa shape index (κ1) is 15.2. The van der Waals surface area contributed by atoms with Crippen LogP contribution in [0.2, 0.25) is 0 Å². The van der Waals surface area contributed by atoms with Crippen molar-refractivity contribution in [1.29, 1.82) is 0 Å². The second kappa shape index (κ2) is 6.52. The van der Waals surface area contributed by atoms with E-state index in [9.17, 15) is 0 Å². The molecule has 0 bridgehead atoms. The minimum Gasteiger partial charge on any atom is -0.369 e. The molecule has 3 nitrogen and oxygen atoms in total. The Kier molecular flexibility index (Phi) is 4.96. The fourth-order valence-electron chi connectivity index (χ4n) is 2.29.